The third-order valence-corrected chi connectivity index (χ3v) is 7.21. The van der Waals surface area contributed by atoms with Gasteiger partial charge in [0, 0.05) is 25.2 Å². The van der Waals surface area contributed by atoms with Crippen molar-refractivity contribution in [2.75, 3.05) is 18.8 Å². The fraction of sp³-hybridized carbons (Fsp3) is 0.579. The zero-order valence-corrected chi connectivity index (χ0v) is 19.1. The summed E-state index contributed by atoms with van der Waals surface area (Å²) in [5.74, 6) is 0.197. The summed E-state index contributed by atoms with van der Waals surface area (Å²) in [6.07, 6.45) is 0. The van der Waals surface area contributed by atoms with Crippen LogP contribution in [0.2, 0.25) is 0 Å². The molecule has 0 unspecified atom stereocenters. The number of hydrogen-bond donors (Lipinski definition) is 1. The van der Waals surface area contributed by atoms with Gasteiger partial charge in [0.25, 0.3) is 0 Å². The largest absolute Gasteiger partial charge is 0.351 e. The molecule has 2 aromatic rings. The molecule has 7 nitrogen and oxygen atoms in total. The molecule has 28 heavy (non-hydrogen) atoms. The van der Waals surface area contributed by atoms with Crippen LogP contribution in [0.1, 0.15) is 41.5 Å². The zero-order chi connectivity index (χ0) is 21.1. The van der Waals surface area contributed by atoms with Crippen LogP contribution in [-0.2, 0) is 21.4 Å². The van der Waals surface area contributed by atoms with Crippen molar-refractivity contribution in [3.63, 3.8) is 0 Å². The van der Waals surface area contributed by atoms with E-state index in [1.807, 2.05) is 46.1 Å². The maximum atomic E-state index is 12.8. The molecule has 1 amide bonds. The minimum absolute atomic E-state index is 0.0583. The van der Waals surface area contributed by atoms with E-state index in [1.165, 1.54) is 16.1 Å². The third kappa shape index (κ3) is 5.07. The zero-order valence-electron chi connectivity index (χ0n) is 17.4. The molecule has 1 aromatic carbocycles. The second kappa shape index (κ2) is 8.84. The van der Waals surface area contributed by atoms with Crippen molar-refractivity contribution in [1.29, 1.82) is 0 Å². The molecule has 0 fully saturated rings. The van der Waals surface area contributed by atoms with Crippen LogP contribution in [0.25, 0.3) is 11.0 Å². The summed E-state index contributed by atoms with van der Waals surface area (Å²) in [6.45, 7) is 13.0. The quantitative estimate of drug-likeness (QED) is 0.656. The van der Waals surface area contributed by atoms with Crippen molar-refractivity contribution >= 4 is 38.7 Å². The smallest absolute Gasteiger partial charge is 0.243 e. The minimum atomic E-state index is -3.54. The summed E-state index contributed by atoms with van der Waals surface area (Å²) < 4.78 is 29.0. The average Bonchev–Trinajstić information content (AvgIpc) is 2.96. The van der Waals surface area contributed by atoms with Crippen LogP contribution in [0, 0.1) is 0 Å². The molecule has 0 radical (unpaired) electrons. The van der Waals surface area contributed by atoms with Crippen LogP contribution < -0.4 is 5.32 Å². The number of fused-ring (bicyclic) bond motifs is 1. The lowest BCUT2D eigenvalue weighted by Gasteiger charge is -2.20. The number of aromatic nitrogens is 2. The molecule has 9 heteroatoms. The highest BCUT2D eigenvalue weighted by atomic mass is 32.2. The van der Waals surface area contributed by atoms with E-state index in [2.05, 4.69) is 10.3 Å². The summed E-state index contributed by atoms with van der Waals surface area (Å²) in [5, 5.41) is 3.64. The predicted octanol–water partition coefficient (Wildman–Crippen LogP) is 3.09. The molecule has 0 spiro atoms. The molecule has 0 saturated carbocycles. The number of amides is 1. The molecule has 0 aliphatic heterocycles. The Morgan fingerprint density at radius 2 is 1.86 bits per heavy atom. The Balaban J connectivity index is 2.34. The fourth-order valence-electron chi connectivity index (χ4n) is 2.96. The summed E-state index contributed by atoms with van der Waals surface area (Å²) in [6, 6.07) is 5.04. The topological polar surface area (TPSA) is 84.3 Å². The van der Waals surface area contributed by atoms with Crippen LogP contribution >= 0.6 is 11.8 Å². The number of benzene rings is 1. The molecular formula is C19H30N4O3S2. The molecule has 1 aromatic heterocycles. The number of sulfonamides is 1. The van der Waals surface area contributed by atoms with Gasteiger partial charge in [-0.3, -0.25) is 4.79 Å². The number of nitrogens with zero attached hydrogens (tertiary/aromatic N) is 3. The van der Waals surface area contributed by atoms with E-state index >= 15 is 0 Å². The van der Waals surface area contributed by atoms with E-state index < -0.39 is 10.0 Å². The first kappa shape index (κ1) is 22.7. The van der Waals surface area contributed by atoms with E-state index in [1.54, 1.807) is 18.2 Å². The maximum absolute atomic E-state index is 12.8. The second-order valence-corrected chi connectivity index (χ2v) is 10.3. The molecule has 0 bridgehead atoms. The first-order valence-electron chi connectivity index (χ1n) is 9.47. The Bertz CT molecular complexity index is 942. The number of aryl methyl sites for hydroxylation is 1. The molecule has 1 N–H and O–H groups in total. The van der Waals surface area contributed by atoms with Crippen molar-refractivity contribution < 1.29 is 13.2 Å². The van der Waals surface area contributed by atoms with E-state index in [0.717, 1.165) is 5.52 Å². The summed E-state index contributed by atoms with van der Waals surface area (Å²) in [7, 11) is -3.54. The highest BCUT2D eigenvalue weighted by Crippen LogP contribution is 2.27. The SMILES string of the molecule is CCN(CC)S(=O)(=O)c1ccc2c(c1)nc(SCC(=O)NC(C)(C)C)n2CC. The minimum Gasteiger partial charge on any atom is -0.351 e. The van der Waals surface area contributed by atoms with E-state index in [9.17, 15) is 13.2 Å². The van der Waals surface area contributed by atoms with Crippen LogP contribution in [-0.4, -0.2) is 52.6 Å². The molecule has 156 valence electrons. The van der Waals surface area contributed by atoms with Crippen molar-refractivity contribution in [3.8, 4) is 0 Å². The molecule has 0 aliphatic rings. The maximum Gasteiger partial charge on any atom is 0.243 e. The Kier molecular flexibility index (Phi) is 7.17. The van der Waals surface area contributed by atoms with Crippen LogP contribution in [0.15, 0.2) is 28.3 Å². The standard InChI is InChI=1S/C19H30N4O3S2/c1-7-22(8-2)28(25,26)14-10-11-16-15(12-14)20-18(23(16)9-3)27-13-17(24)21-19(4,5)6/h10-12H,7-9,13H2,1-6H3,(H,21,24). The lowest BCUT2D eigenvalue weighted by Crippen LogP contribution is -2.41. The van der Waals surface area contributed by atoms with Crippen molar-refractivity contribution in [2.24, 2.45) is 0 Å². The summed E-state index contributed by atoms with van der Waals surface area (Å²) in [4.78, 5) is 17.0. The monoisotopic (exact) mass is 426 g/mol. The molecular weight excluding hydrogens is 396 g/mol. The molecule has 2 rings (SSSR count). The third-order valence-electron chi connectivity index (χ3n) is 4.19. The number of rotatable bonds is 8. The van der Waals surface area contributed by atoms with Gasteiger partial charge in [0.05, 0.1) is 21.7 Å². The number of carbonyl (C=O) groups excluding carboxylic acids is 1. The fourth-order valence-corrected chi connectivity index (χ4v) is 5.32. The van der Waals surface area contributed by atoms with E-state index in [0.29, 0.717) is 30.3 Å². The van der Waals surface area contributed by atoms with Gasteiger partial charge in [-0.25, -0.2) is 13.4 Å². The highest BCUT2D eigenvalue weighted by Gasteiger charge is 2.23. The predicted molar refractivity (Wildman–Crippen MR) is 114 cm³/mol. The van der Waals surface area contributed by atoms with Gasteiger partial charge in [-0.1, -0.05) is 25.6 Å². The molecule has 1 heterocycles. The second-order valence-electron chi connectivity index (χ2n) is 7.47. The van der Waals surface area contributed by atoms with Crippen LogP contribution in [0.3, 0.4) is 0 Å². The first-order chi connectivity index (χ1) is 13.0. The van der Waals surface area contributed by atoms with Crippen LogP contribution in [0.4, 0.5) is 0 Å². The van der Waals surface area contributed by atoms with Gasteiger partial charge < -0.3 is 9.88 Å². The van der Waals surface area contributed by atoms with Gasteiger partial charge in [0.15, 0.2) is 5.16 Å². The molecule has 0 aliphatic carbocycles. The average molecular weight is 427 g/mol. The first-order valence-corrected chi connectivity index (χ1v) is 11.9. The normalized spacial score (nSPS) is 12.7. The number of nitrogens with one attached hydrogen (secondary N) is 1. The number of carbonyl (C=O) groups is 1. The number of imidazole rings is 1. The number of thioether (sulfide) groups is 1. The van der Waals surface area contributed by atoms with Crippen LogP contribution in [0.5, 0.6) is 0 Å². The lowest BCUT2D eigenvalue weighted by molar-refractivity contribution is -0.119. The number of hydrogen-bond acceptors (Lipinski definition) is 5. The van der Waals surface area contributed by atoms with Gasteiger partial charge >= 0.3 is 0 Å². The van der Waals surface area contributed by atoms with Gasteiger partial charge in [-0.05, 0) is 45.9 Å². The Morgan fingerprint density at radius 1 is 1.21 bits per heavy atom. The van der Waals surface area contributed by atoms with E-state index in [-0.39, 0.29) is 22.1 Å². The lowest BCUT2D eigenvalue weighted by atomic mass is 10.1. The van der Waals surface area contributed by atoms with Crippen molar-refractivity contribution in [1.82, 2.24) is 19.2 Å². The van der Waals surface area contributed by atoms with Crippen molar-refractivity contribution in [2.45, 2.75) is 63.7 Å². The summed E-state index contributed by atoms with van der Waals surface area (Å²) >= 11 is 1.35. The Morgan fingerprint density at radius 3 is 2.39 bits per heavy atom. The van der Waals surface area contributed by atoms with E-state index in [4.69, 9.17) is 0 Å². The van der Waals surface area contributed by atoms with Crippen molar-refractivity contribution in [3.05, 3.63) is 18.2 Å². The highest BCUT2D eigenvalue weighted by molar-refractivity contribution is 7.99. The Labute approximate surface area is 171 Å². The van der Waals surface area contributed by atoms with Gasteiger partial charge in [-0.2, -0.15) is 4.31 Å². The van der Waals surface area contributed by atoms with Gasteiger partial charge in [-0.15, -0.1) is 0 Å². The van der Waals surface area contributed by atoms with Gasteiger partial charge in [0.1, 0.15) is 0 Å². The summed E-state index contributed by atoms with van der Waals surface area (Å²) in [5.41, 5.74) is 1.20. The Hall–Kier alpha value is -1.58. The molecule has 0 saturated heterocycles. The van der Waals surface area contributed by atoms with Gasteiger partial charge in [0.2, 0.25) is 15.9 Å². The molecule has 0 atom stereocenters.